The molecule has 2 unspecified atom stereocenters. The van der Waals surface area contributed by atoms with Gasteiger partial charge < -0.3 is 9.47 Å². The van der Waals surface area contributed by atoms with Crippen molar-refractivity contribution in [2.75, 3.05) is 12.0 Å². The monoisotopic (exact) mass is 501 g/mol. The quantitative estimate of drug-likeness (QED) is 0.215. The van der Waals surface area contributed by atoms with Crippen molar-refractivity contribution in [3.8, 4) is 11.5 Å². The van der Waals surface area contributed by atoms with Gasteiger partial charge in [0.05, 0.1) is 30.2 Å². The number of carbonyl (C=O) groups is 3. The van der Waals surface area contributed by atoms with Crippen LogP contribution in [0.2, 0.25) is 0 Å². The summed E-state index contributed by atoms with van der Waals surface area (Å²) in [5.41, 5.74) is 5.12. The highest BCUT2D eigenvalue weighted by Gasteiger charge is 2.61. The average Bonchev–Trinajstić information content (AvgIpc) is 3.23. The Kier molecular flexibility index (Phi) is 4.98. The van der Waals surface area contributed by atoms with Crippen LogP contribution in [0.3, 0.4) is 0 Å². The number of amides is 2. The highest BCUT2D eigenvalue weighted by Crippen LogP contribution is 2.61. The van der Waals surface area contributed by atoms with Crippen LogP contribution in [0.5, 0.6) is 11.5 Å². The molecule has 0 spiro atoms. The van der Waals surface area contributed by atoms with E-state index < -0.39 is 17.8 Å². The summed E-state index contributed by atoms with van der Waals surface area (Å²) in [6.07, 6.45) is 0. The second kappa shape index (κ2) is 8.42. The first-order chi connectivity index (χ1) is 18.6. The summed E-state index contributed by atoms with van der Waals surface area (Å²) in [5, 5.41) is 0. The smallest absolute Gasteiger partial charge is 0.343 e. The molecule has 4 aromatic rings. The van der Waals surface area contributed by atoms with Crippen molar-refractivity contribution in [2.24, 2.45) is 11.8 Å². The van der Waals surface area contributed by atoms with Crippen LogP contribution in [0.4, 0.5) is 5.69 Å². The van der Waals surface area contributed by atoms with Crippen LogP contribution >= 0.6 is 0 Å². The molecule has 2 amide bonds. The molecule has 186 valence electrons. The van der Waals surface area contributed by atoms with Gasteiger partial charge in [-0.3, -0.25) is 9.59 Å². The van der Waals surface area contributed by atoms with Crippen molar-refractivity contribution in [1.82, 2.24) is 0 Å². The molecular formula is C32H23NO5. The molecular weight excluding hydrogens is 478 g/mol. The predicted molar refractivity (Wildman–Crippen MR) is 140 cm³/mol. The zero-order valence-electron chi connectivity index (χ0n) is 20.5. The highest BCUT2D eigenvalue weighted by molar-refractivity contribution is 6.23. The normalized spacial score (nSPS) is 22.5. The molecule has 0 N–H and O–H groups in total. The SMILES string of the molecule is COc1ccc(OC(=O)c2cccc(N3C(=O)C4C5c6ccccc6C(c6ccccc65)C4C3=O)c2)cc1. The van der Waals surface area contributed by atoms with Crippen LogP contribution in [0, 0.1) is 11.8 Å². The number of methoxy groups -OCH3 is 1. The molecule has 38 heavy (non-hydrogen) atoms. The zero-order valence-corrected chi connectivity index (χ0v) is 20.5. The van der Waals surface area contributed by atoms with E-state index in [4.69, 9.17) is 9.47 Å². The number of ether oxygens (including phenoxy) is 2. The molecule has 6 heteroatoms. The van der Waals surface area contributed by atoms with Crippen LogP contribution in [0.1, 0.15) is 44.4 Å². The van der Waals surface area contributed by atoms with Crippen molar-refractivity contribution in [2.45, 2.75) is 11.8 Å². The van der Waals surface area contributed by atoms with Gasteiger partial charge in [0.25, 0.3) is 0 Å². The lowest BCUT2D eigenvalue weighted by Gasteiger charge is -2.45. The fraction of sp³-hybridized carbons (Fsp3) is 0.156. The summed E-state index contributed by atoms with van der Waals surface area (Å²) in [5.74, 6) is -1.32. The summed E-state index contributed by atoms with van der Waals surface area (Å²) in [6.45, 7) is 0. The van der Waals surface area contributed by atoms with Crippen LogP contribution < -0.4 is 14.4 Å². The maximum absolute atomic E-state index is 14.0. The molecule has 8 rings (SSSR count). The largest absolute Gasteiger partial charge is 0.497 e. The van der Waals surface area contributed by atoms with E-state index in [-0.39, 0.29) is 29.2 Å². The molecule has 4 aromatic carbocycles. The maximum atomic E-state index is 14.0. The Morgan fingerprint density at radius 2 is 1.16 bits per heavy atom. The van der Waals surface area contributed by atoms with E-state index in [1.165, 1.54) is 4.90 Å². The Labute approximate surface area is 219 Å². The third kappa shape index (κ3) is 3.16. The first-order valence-corrected chi connectivity index (χ1v) is 12.6. The third-order valence-electron chi connectivity index (χ3n) is 8.06. The van der Waals surface area contributed by atoms with Crippen molar-refractivity contribution >= 4 is 23.5 Å². The predicted octanol–water partition coefficient (Wildman–Crippen LogP) is 5.31. The Morgan fingerprint density at radius 1 is 0.658 bits per heavy atom. The fourth-order valence-electron chi connectivity index (χ4n) is 6.51. The first kappa shape index (κ1) is 22.5. The van der Waals surface area contributed by atoms with Crippen molar-refractivity contribution in [3.05, 3.63) is 125 Å². The van der Waals surface area contributed by atoms with Gasteiger partial charge in [0.15, 0.2) is 0 Å². The highest BCUT2D eigenvalue weighted by atomic mass is 16.5. The summed E-state index contributed by atoms with van der Waals surface area (Å²) < 4.78 is 10.7. The Hall–Kier alpha value is -4.71. The van der Waals surface area contributed by atoms with E-state index >= 15 is 0 Å². The first-order valence-electron chi connectivity index (χ1n) is 12.6. The van der Waals surface area contributed by atoms with Crippen molar-refractivity contribution in [3.63, 3.8) is 0 Å². The van der Waals surface area contributed by atoms with Crippen LogP contribution in [-0.2, 0) is 9.59 Å². The maximum Gasteiger partial charge on any atom is 0.343 e. The van der Waals surface area contributed by atoms with E-state index in [0.29, 0.717) is 17.2 Å². The molecule has 1 heterocycles. The van der Waals surface area contributed by atoms with Gasteiger partial charge in [0, 0.05) is 11.8 Å². The van der Waals surface area contributed by atoms with Crippen molar-refractivity contribution in [1.29, 1.82) is 0 Å². The summed E-state index contributed by atoms with van der Waals surface area (Å²) in [6, 6.07) is 29.5. The Balaban J connectivity index is 1.24. The molecule has 0 radical (unpaired) electrons. The average molecular weight is 502 g/mol. The van der Waals surface area contributed by atoms with Crippen LogP contribution in [-0.4, -0.2) is 24.9 Å². The van der Waals surface area contributed by atoms with E-state index in [1.807, 2.05) is 24.3 Å². The molecule has 1 fully saturated rings. The molecule has 2 bridgehead atoms. The topological polar surface area (TPSA) is 72.9 Å². The number of rotatable bonds is 4. The second-order valence-corrected chi connectivity index (χ2v) is 9.89. The van der Waals surface area contributed by atoms with E-state index in [2.05, 4.69) is 24.3 Å². The van der Waals surface area contributed by atoms with Crippen LogP contribution in [0.15, 0.2) is 97.1 Å². The van der Waals surface area contributed by atoms with Gasteiger partial charge in [-0.15, -0.1) is 0 Å². The van der Waals surface area contributed by atoms with E-state index in [9.17, 15) is 14.4 Å². The number of benzene rings is 4. The lowest BCUT2D eigenvalue weighted by molar-refractivity contribution is -0.122. The molecule has 6 nitrogen and oxygen atoms in total. The number of hydrogen-bond donors (Lipinski definition) is 0. The van der Waals surface area contributed by atoms with Gasteiger partial charge in [0.2, 0.25) is 11.8 Å². The number of imide groups is 1. The standard InChI is InChI=1S/C32H23NO5/c1-37-20-13-15-21(16-14-20)38-32(36)18-7-6-8-19(17-18)33-30(34)28-26-22-9-2-3-10-23(22)27(29(28)31(33)35)25-12-5-4-11-24(25)26/h2-17,26-29H,1H3. The van der Waals surface area contributed by atoms with Gasteiger partial charge in [-0.05, 0) is 64.7 Å². The number of esters is 1. The third-order valence-corrected chi connectivity index (χ3v) is 8.06. The van der Waals surface area contributed by atoms with Gasteiger partial charge in [-0.25, -0.2) is 9.69 Å². The number of carbonyl (C=O) groups excluding carboxylic acids is 3. The van der Waals surface area contributed by atoms with Crippen LogP contribution in [0.25, 0.3) is 0 Å². The van der Waals surface area contributed by atoms with Gasteiger partial charge in [-0.2, -0.15) is 0 Å². The van der Waals surface area contributed by atoms with Gasteiger partial charge >= 0.3 is 5.97 Å². The second-order valence-electron chi connectivity index (χ2n) is 9.89. The number of anilines is 1. The Bertz CT molecular complexity index is 1510. The Morgan fingerprint density at radius 3 is 1.66 bits per heavy atom. The molecule has 4 aliphatic rings. The molecule has 1 saturated heterocycles. The summed E-state index contributed by atoms with van der Waals surface area (Å²) in [7, 11) is 1.56. The molecule has 2 atom stereocenters. The lowest BCUT2D eigenvalue weighted by atomic mass is 9.55. The summed E-state index contributed by atoms with van der Waals surface area (Å²) >= 11 is 0. The van der Waals surface area contributed by atoms with Gasteiger partial charge in [0.1, 0.15) is 11.5 Å². The molecule has 1 aliphatic heterocycles. The number of nitrogens with zero attached hydrogens (tertiary/aromatic N) is 1. The van der Waals surface area contributed by atoms with E-state index in [1.54, 1.807) is 55.6 Å². The lowest BCUT2D eigenvalue weighted by Crippen LogP contribution is -2.41. The summed E-state index contributed by atoms with van der Waals surface area (Å²) in [4.78, 5) is 42.1. The molecule has 3 aliphatic carbocycles. The van der Waals surface area contributed by atoms with Gasteiger partial charge in [-0.1, -0.05) is 54.6 Å². The minimum Gasteiger partial charge on any atom is -0.497 e. The van der Waals surface area contributed by atoms with E-state index in [0.717, 1.165) is 22.3 Å². The minimum atomic E-state index is -0.576. The minimum absolute atomic E-state index is 0.179. The number of hydrogen-bond acceptors (Lipinski definition) is 5. The fourth-order valence-corrected chi connectivity index (χ4v) is 6.51. The molecule has 0 saturated carbocycles. The molecule has 0 aromatic heterocycles. The van der Waals surface area contributed by atoms with Crippen molar-refractivity contribution < 1.29 is 23.9 Å². The zero-order chi connectivity index (χ0) is 26.0.